The number of para-hydroxylation sites is 1. The van der Waals surface area contributed by atoms with Gasteiger partial charge in [0.2, 0.25) is 0 Å². The van der Waals surface area contributed by atoms with Crippen LogP contribution in [0.5, 0.6) is 5.75 Å². The highest BCUT2D eigenvalue weighted by Gasteiger charge is 2.11. The minimum atomic E-state index is 0.178. The zero-order valence-electron chi connectivity index (χ0n) is 12.6. The number of nitrogens with two attached hydrogens (primary N) is 1. The molecule has 2 rings (SSSR count). The summed E-state index contributed by atoms with van der Waals surface area (Å²) in [6.07, 6.45) is 1.82. The van der Waals surface area contributed by atoms with Gasteiger partial charge in [0, 0.05) is 16.1 Å². The maximum absolute atomic E-state index is 6.09. The van der Waals surface area contributed by atoms with Crippen molar-refractivity contribution in [2.75, 3.05) is 0 Å². The van der Waals surface area contributed by atoms with E-state index in [1.165, 1.54) is 5.56 Å². The normalized spacial score (nSPS) is 12.2. The van der Waals surface area contributed by atoms with Crippen molar-refractivity contribution < 1.29 is 4.74 Å². The van der Waals surface area contributed by atoms with Crippen LogP contribution in [0.3, 0.4) is 0 Å². The number of hydrogen-bond acceptors (Lipinski definition) is 2. The third-order valence-electron chi connectivity index (χ3n) is 3.63. The average Bonchev–Trinajstić information content (AvgIpc) is 2.48. The maximum Gasteiger partial charge on any atom is 0.125 e. The van der Waals surface area contributed by atoms with Gasteiger partial charge in [0.05, 0.1) is 0 Å². The molecule has 21 heavy (non-hydrogen) atoms. The second kappa shape index (κ2) is 7.62. The van der Waals surface area contributed by atoms with E-state index in [1.54, 1.807) is 0 Å². The fourth-order valence-corrected chi connectivity index (χ4v) is 2.67. The second-order valence-corrected chi connectivity index (χ2v) is 6.17. The first kappa shape index (κ1) is 16.1. The summed E-state index contributed by atoms with van der Waals surface area (Å²) >= 11 is 3.56. The summed E-state index contributed by atoms with van der Waals surface area (Å²) in [4.78, 5) is 0. The van der Waals surface area contributed by atoms with Crippen molar-refractivity contribution in [1.29, 1.82) is 0 Å². The Morgan fingerprint density at radius 2 is 1.81 bits per heavy atom. The monoisotopic (exact) mass is 347 g/mol. The van der Waals surface area contributed by atoms with Crippen LogP contribution in [-0.2, 0) is 13.0 Å². The van der Waals surface area contributed by atoms with E-state index in [9.17, 15) is 0 Å². The van der Waals surface area contributed by atoms with Crippen LogP contribution < -0.4 is 10.5 Å². The Bertz CT molecular complexity index is 598. The fourth-order valence-electron chi connectivity index (χ4n) is 2.27. The molecule has 2 aromatic rings. The first-order chi connectivity index (χ1) is 10.1. The van der Waals surface area contributed by atoms with E-state index >= 15 is 0 Å². The lowest BCUT2D eigenvalue weighted by Gasteiger charge is -2.17. The first-order valence-corrected chi connectivity index (χ1v) is 8.11. The zero-order chi connectivity index (χ0) is 15.2. The molecule has 0 aromatic heterocycles. The molecule has 0 saturated heterocycles. The predicted octanol–water partition coefficient (Wildman–Crippen LogP) is 4.62. The van der Waals surface area contributed by atoms with Crippen molar-refractivity contribution in [3.8, 4) is 5.75 Å². The molecule has 3 heteroatoms. The highest BCUT2D eigenvalue weighted by molar-refractivity contribution is 9.10. The van der Waals surface area contributed by atoms with Gasteiger partial charge >= 0.3 is 0 Å². The van der Waals surface area contributed by atoms with E-state index in [0.29, 0.717) is 6.61 Å². The van der Waals surface area contributed by atoms with Gasteiger partial charge < -0.3 is 10.5 Å². The Kier molecular flexibility index (Phi) is 5.83. The fraction of sp³-hybridized carbons (Fsp3) is 0.333. The van der Waals surface area contributed by atoms with Crippen molar-refractivity contribution in [1.82, 2.24) is 0 Å². The van der Waals surface area contributed by atoms with Gasteiger partial charge in [-0.05, 0) is 37.0 Å². The molecular weight excluding hydrogens is 326 g/mol. The van der Waals surface area contributed by atoms with Crippen LogP contribution >= 0.6 is 15.9 Å². The van der Waals surface area contributed by atoms with Gasteiger partial charge in [0.1, 0.15) is 12.4 Å². The molecule has 2 N–H and O–H groups in total. The molecule has 0 saturated carbocycles. The van der Waals surface area contributed by atoms with Crippen molar-refractivity contribution in [2.24, 2.45) is 5.73 Å². The molecular formula is C18H22BrNO. The summed E-state index contributed by atoms with van der Waals surface area (Å²) < 4.78 is 7.17. The van der Waals surface area contributed by atoms with Crippen LogP contribution in [0.15, 0.2) is 46.9 Å². The van der Waals surface area contributed by atoms with E-state index in [4.69, 9.17) is 10.5 Å². The lowest BCUT2D eigenvalue weighted by atomic mass is 10.0. The molecule has 0 aliphatic rings. The molecule has 0 spiro atoms. The first-order valence-electron chi connectivity index (χ1n) is 7.32. The summed E-state index contributed by atoms with van der Waals surface area (Å²) in [6.45, 7) is 4.75. The highest BCUT2D eigenvalue weighted by atomic mass is 79.9. The van der Waals surface area contributed by atoms with Gasteiger partial charge in [-0.2, -0.15) is 0 Å². The summed E-state index contributed by atoms with van der Waals surface area (Å²) in [5.74, 6) is 0.970. The predicted molar refractivity (Wildman–Crippen MR) is 91.6 cm³/mol. The van der Waals surface area contributed by atoms with E-state index in [1.807, 2.05) is 18.2 Å². The topological polar surface area (TPSA) is 35.2 Å². The standard InChI is InChI=1S/C18H22BrNO/c1-3-16(20)11-14-9-6-7-13(2)18(14)21-12-15-8-4-5-10-17(15)19/h4-10,16H,3,11-12,20H2,1-2H3. The van der Waals surface area contributed by atoms with Crippen molar-refractivity contribution >= 4 is 15.9 Å². The van der Waals surface area contributed by atoms with E-state index in [-0.39, 0.29) is 6.04 Å². The molecule has 112 valence electrons. The molecule has 2 nitrogen and oxygen atoms in total. The quantitative estimate of drug-likeness (QED) is 0.827. The minimum absolute atomic E-state index is 0.178. The third kappa shape index (κ3) is 4.32. The Hall–Kier alpha value is -1.32. The highest BCUT2D eigenvalue weighted by Crippen LogP contribution is 2.27. The van der Waals surface area contributed by atoms with Crippen LogP contribution in [0.4, 0.5) is 0 Å². The summed E-state index contributed by atoms with van der Waals surface area (Å²) in [6, 6.07) is 14.6. The van der Waals surface area contributed by atoms with Crippen LogP contribution in [0.25, 0.3) is 0 Å². The minimum Gasteiger partial charge on any atom is -0.488 e. The van der Waals surface area contributed by atoms with E-state index < -0.39 is 0 Å². The lowest BCUT2D eigenvalue weighted by molar-refractivity contribution is 0.299. The number of hydrogen-bond donors (Lipinski definition) is 1. The van der Waals surface area contributed by atoms with E-state index in [0.717, 1.165) is 34.2 Å². The van der Waals surface area contributed by atoms with Gasteiger partial charge in [-0.1, -0.05) is 59.3 Å². The molecule has 2 aromatic carbocycles. The van der Waals surface area contributed by atoms with Gasteiger partial charge in [-0.15, -0.1) is 0 Å². The molecule has 0 bridgehead atoms. The van der Waals surface area contributed by atoms with Gasteiger partial charge in [0.15, 0.2) is 0 Å². The second-order valence-electron chi connectivity index (χ2n) is 5.32. The number of benzene rings is 2. The average molecular weight is 348 g/mol. The molecule has 0 radical (unpaired) electrons. The number of ether oxygens (including phenoxy) is 1. The summed E-state index contributed by atoms with van der Waals surface area (Å²) in [7, 11) is 0. The molecule has 0 aliphatic carbocycles. The molecule has 1 atom stereocenters. The van der Waals surface area contributed by atoms with Gasteiger partial charge in [-0.25, -0.2) is 0 Å². The van der Waals surface area contributed by atoms with Crippen molar-refractivity contribution in [2.45, 2.75) is 39.3 Å². The van der Waals surface area contributed by atoms with Crippen LogP contribution in [-0.4, -0.2) is 6.04 Å². The zero-order valence-corrected chi connectivity index (χ0v) is 14.2. The van der Waals surface area contributed by atoms with Gasteiger partial charge in [0.25, 0.3) is 0 Å². The molecule has 0 amide bonds. The number of aryl methyl sites for hydroxylation is 1. The lowest BCUT2D eigenvalue weighted by Crippen LogP contribution is -2.21. The SMILES string of the molecule is CCC(N)Cc1cccc(C)c1OCc1ccccc1Br. The molecule has 0 heterocycles. The van der Waals surface area contributed by atoms with E-state index in [2.05, 4.69) is 54.0 Å². The maximum atomic E-state index is 6.09. The third-order valence-corrected chi connectivity index (χ3v) is 4.40. The molecule has 0 fully saturated rings. The Morgan fingerprint density at radius 3 is 2.52 bits per heavy atom. The summed E-state index contributed by atoms with van der Waals surface area (Å²) in [5, 5.41) is 0. The Labute approximate surface area is 135 Å². The Morgan fingerprint density at radius 1 is 1.10 bits per heavy atom. The largest absolute Gasteiger partial charge is 0.488 e. The number of halogens is 1. The van der Waals surface area contributed by atoms with Crippen molar-refractivity contribution in [3.63, 3.8) is 0 Å². The number of rotatable bonds is 6. The van der Waals surface area contributed by atoms with Crippen LogP contribution in [0, 0.1) is 6.92 Å². The smallest absolute Gasteiger partial charge is 0.125 e. The van der Waals surface area contributed by atoms with Crippen molar-refractivity contribution in [3.05, 3.63) is 63.6 Å². The molecule has 1 unspecified atom stereocenters. The Balaban J connectivity index is 2.17. The van der Waals surface area contributed by atoms with Crippen LogP contribution in [0.2, 0.25) is 0 Å². The summed E-state index contributed by atoms with van der Waals surface area (Å²) in [5.41, 5.74) is 9.58. The van der Waals surface area contributed by atoms with Gasteiger partial charge in [-0.3, -0.25) is 0 Å². The molecule has 0 aliphatic heterocycles. The van der Waals surface area contributed by atoms with Crippen LogP contribution in [0.1, 0.15) is 30.0 Å².